The van der Waals surface area contributed by atoms with Gasteiger partial charge in [-0.2, -0.15) is 0 Å². The third-order valence-corrected chi connectivity index (χ3v) is 4.52. The average Bonchev–Trinajstić information content (AvgIpc) is 3.36. The quantitative estimate of drug-likeness (QED) is 0.719. The monoisotopic (exact) mass is 359 g/mol. The van der Waals surface area contributed by atoms with Crippen molar-refractivity contribution in [2.45, 2.75) is 32.3 Å². The second-order valence-corrected chi connectivity index (χ2v) is 6.39. The first-order valence-electron chi connectivity index (χ1n) is 9.02. The van der Waals surface area contributed by atoms with Crippen LogP contribution in [0.15, 0.2) is 41.0 Å². The first-order valence-corrected chi connectivity index (χ1v) is 9.02. The zero-order chi connectivity index (χ0) is 18.6. The number of aliphatic hydroxyl groups is 1. The molecule has 0 bridgehead atoms. The van der Waals surface area contributed by atoms with Gasteiger partial charge >= 0.3 is 0 Å². The smallest absolute Gasteiger partial charge is 0.251 e. The normalized spacial score (nSPS) is 16.0. The van der Waals surface area contributed by atoms with E-state index < -0.39 is 5.60 Å². The van der Waals surface area contributed by atoms with E-state index in [4.69, 9.17) is 13.9 Å². The Balaban J connectivity index is 1.72. The number of benzene rings is 1. The van der Waals surface area contributed by atoms with E-state index in [0.29, 0.717) is 36.0 Å². The molecule has 0 radical (unpaired) electrons. The van der Waals surface area contributed by atoms with Gasteiger partial charge in [0.2, 0.25) is 0 Å². The molecular formula is C20H25NO5. The van der Waals surface area contributed by atoms with E-state index in [-0.39, 0.29) is 18.4 Å². The lowest BCUT2D eigenvalue weighted by Crippen LogP contribution is -2.42. The lowest BCUT2D eigenvalue weighted by Gasteiger charge is -2.26. The minimum Gasteiger partial charge on any atom is -0.490 e. The minimum absolute atomic E-state index is 0.0984. The highest BCUT2D eigenvalue weighted by atomic mass is 16.5. The van der Waals surface area contributed by atoms with E-state index in [1.807, 2.05) is 13.8 Å². The third-order valence-electron chi connectivity index (χ3n) is 4.52. The van der Waals surface area contributed by atoms with Crippen LogP contribution in [0.3, 0.4) is 0 Å². The molecule has 1 unspecified atom stereocenters. The predicted octanol–water partition coefficient (Wildman–Crippen LogP) is 3.10. The van der Waals surface area contributed by atoms with Crippen LogP contribution in [0.2, 0.25) is 0 Å². The maximum Gasteiger partial charge on any atom is 0.251 e. The number of nitrogens with one attached hydrogen (secondary N) is 1. The molecule has 2 aromatic rings. The first-order chi connectivity index (χ1) is 12.6. The SMILES string of the molecule is CCOc1ccc(C(=O)NCC(O)(c2ccco2)C2CC2)cc1OCC. The third kappa shape index (κ3) is 3.85. The molecule has 1 aliphatic carbocycles. The van der Waals surface area contributed by atoms with E-state index in [1.54, 1.807) is 30.3 Å². The zero-order valence-corrected chi connectivity index (χ0v) is 15.2. The van der Waals surface area contributed by atoms with Crippen LogP contribution in [0.25, 0.3) is 0 Å². The Kier molecular flexibility index (Phi) is 5.52. The van der Waals surface area contributed by atoms with E-state index in [1.165, 1.54) is 6.26 Å². The van der Waals surface area contributed by atoms with Crippen LogP contribution < -0.4 is 14.8 Å². The minimum atomic E-state index is -1.17. The molecular weight excluding hydrogens is 334 g/mol. The van der Waals surface area contributed by atoms with E-state index in [0.717, 1.165) is 12.8 Å². The largest absolute Gasteiger partial charge is 0.490 e. The zero-order valence-electron chi connectivity index (χ0n) is 15.2. The van der Waals surface area contributed by atoms with Crippen molar-refractivity contribution >= 4 is 5.91 Å². The maximum atomic E-state index is 12.6. The van der Waals surface area contributed by atoms with Gasteiger partial charge < -0.3 is 24.3 Å². The van der Waals surface area contributed by atoms with Gasteiger partial charge in [-0.25, -0.2) is 0 Å². The van der Waals surface area contributed by atoms with Gasteiger partial charge in [-0.3, -0.25) is 4.79 Å². The van der Waals surface area contributed by atoms with Crippen molar-refractivity contribution in [3.63, 3.8) is 0 Å². The van der Waals surface area contributed by atoms with E-state index >= 15 is 0 Å². The summed E-state index contributed by atoms with van der Waals surface area (Å²) in [5.74, 6) is 1.45. The molecule has 6 heteroatoms. The van der Waals surface area contributed by atoms with Crippen LogP contribution in [-0.4, -0.2) is 30.8 Å². The fourth-order valence-corrected chi connectivity index (χ4v) is 3.03. The van der Waals surface area contributed by atoms with Crippen LogP contribution in [0.4, 0.5) is 0 Å². The van der Waals surface area contributed by atoms with Crippen molar-refractivity contribution in [3.05, 3.63) is 47.9 Å². The predicted molar refractivity (Wildman–Crippen MR) is 96.4 cm³/mol. The number of rotatable bonds is 9. The highest BCUT2D eigenvalue weighted by Crippen LogP contribution is 2.45. The Morgan fingerprint density at radius 3 is 2.58 bits per heavy atom. The van der Waals surface area contributed by atoms with Crippen LogP contribution in [0.1, 0.15) is 42.8 Å². The Morgan fingerprint density at radius 1 is 1.23 bits per heavy atom. The molecule has 140 valence electrons. The molecule has 1 saturated carbocycles. The number of carbonyl (C=O) groups excluding carboxylic acids is 1. The van der Waals surface area contributed by atoms with E-state index in [9.17, 15) is 9.90 Å². The highest BCUT2D eigenvalue weighted by Gasteiger charge is 2.47. The standard InChI is InChI=1S/C20H25NO5/c1-3-24-16-10-7-14(12-17(16)25-4-2)19(22)21-13-20(23,15-8-9-15)18-6-5-11-26-18/h5-7,10-12,15,23H,3-4,8-9,13H2,1-2H3,(H,21,22). The number of amides is 1. The molecule has 0 saturated heterocycles. The molecule has 1 aliphatic rings. The maximum absolute atomic E-state index is 12.6. The summed E-state index contributed by atoms with van der Waals surface area (Å²) >= 11 is 0. The summed E-state index contributed by atoms with van der Waals surface area (Å²) in [4.78, 5) is 12.6. The summed E-state index contributed by atoms with van der Waals surface area (Å²) in [6, 6.07) is 8.56. The molecule has 0 aliphatic heterocycles. The lowest BCUT2D eigenvalue weighted by atomic mass is 9.94. The van der Waals surface area contributed by atoms with Crippen molar-refractivity contribution in [3.8, 4) is 11.5 Å². The molecule has 0 spiro atoms. The summed E-state index contributed by atoms with van der Waals surface area (Å²) in [5.41, 5.74) is -0.720. The number of hydrogen-bond acceptors (Lipinski definition) is 5. The Bertz CT molecular complexity index is 739. The van der Waals surface area contributed by atoms with Crippen molar-refractivity contribution in [1.29, 1.82) is 0 Å². The topological polar surface area (TPSA) is 80.9 Å². The second kappa shape index (κ2) is 7.83. The number of furan rings is 1. The first kappa shape index (κ1) is 18.3. The van der Waals surface area contributed by atoms with Crippen LogP contribution in [-0.2, 0) is 5.60 Å². The van der Waals surface area contributed by atoms with E-state index in [2.05, 4.69) is 5.32 Å². The summed E-state index contributed by atoms with van der Waals surface area (Å²) in [5, 5.41) is 13.8. The Labute approximate surface area is 153 Å². The molecule has 1 aromatic heterocycles. The average molecular weight is 359 g/mol. The van der Waals surface area contributed by atoms with Crippen molar-refractivity contribution in [2.24, 2.45) is 5.92 Å². The molecule has 2 N–H and O–H groups in total. The number of hydrogen-bond donors (Lipinski definition) is 2. The Hall–Kier alpha value is -2.47. The number of ether oxygens (including phenoxy) is 2. The summed E-state index contributed by atoms with van der Waals surface area (Å²) < 4.78 is 16.5. The molecule has 26 heavy (non-hydrogen) atoms. The molecule has 6 nitrogen and oxygen atoms in total. The van der Waals surface area contributed by atoms with Crippen LogP contribution >= 0.6 is 0 Å². The van der Waals surface area contributed by atoms with Crippen LogP contribution in [0, 0.1) is 5.92 Å². The van der Waals surface area contributed by atoms with Gasteiger partial charge in [0.1, 0.15) is 11.4 Å². The summed E-state index contributed by atoms with van der Waals surface area (Å²) in [6.07, 6.45) is 3.38. The Morgan fingerprint density at radius 2 is 1.96 bits per heavy atom. The van der Waals surface area contributed by atoms with Gasteiger partial charge in [0.15, 0.2) is 11.5 Å². The fourth-order valence-electron chi connectivity index (χ4n) is 3.03. The van der Waals surface area contributed by atoms with Crippen LogP contribution in [0.5, 0.6) is 11.5 Å². The van der Waals surface area contributed by atoms with Crippen molar-refractivity contribution in [1.82, 2.24) is 5.32 Å². The molecule has 1 atom stereocenters. The van der Waals surface area contributed by atoms with Gasteiger partial charge in [0.25, 0.3) is 5.91 Å². The molecule has 1 heterocycles. The van der Waals surface area contributed by atoms with Gasteiger partial charge in [-0.15, -0.1) is 0 Å². The molecule has 3 rings (SSSR count). The highest BCUT2D eigenvalue weighted by molar-refractivity contribution is 5.95. The van der Waals surface area contributed by atoms with Gasteiger partial charge in [0, 0.05) is 5.56 Å². The molecule has 1 fully saturated rings. The molecule has 1 aromatic carbocycles. The van der Waals surface area contributed by atoms with Crippen molar-refractivity contribution in [2.75, 3.05) is 19.8 Å². The second-order valence-electron chi connectivity index (χ2n) is 6.39. The van der Waals surface area contributed by atoms with Gasteiger partial charge in [0.05, 0.1) is 26.0 Å². The number of carbonyl (C=O) groups is 1. The fraction of sp³-hybridized carbons (Fsp3) is 0.450. The van der Waals surface area contributed by atoms with Gasteiger partial charge in [-0.05, 0) is 62.9 Å². The lowest BCUT2D eigenvalue weighted by molar-refractivity contribution is -0.00611. The summed E-state index contributed by atoms with van der Waals surface area (Å²) in [7, 11) is 0. The molecule has 1 amide bonds. The summed E-state index contributed by atoms with van der Waals surface area (Å²) in [6.45, 7) is 4.86. The van der Waals surface area contributed by atoms with Crippen molar-refractivity contribution < 1.29 is 23.8 Å². The van der Waals surface area contributed by atoms with Gasteiger partial charge in [-0.1, -0.05) is 0 Å².